The number of hydrogen-bond donors (Lipinski definition) is 0. The Kier molecular flexibility index (Phi) is 6.17. The van der Waals surface area contributed by atoms with Crippen LogP contribution in [0.2, 0.25) is 0 Å². The Labute approximate surface area is 178 Å². The summed E-state index contributed by atoms with van der Waals surface area (Å²) in [6.07, 6.45) is 6.40. The smallest absolute Gasteiger partial charge is 0.409 e. The molecule has 2 aromatic carbocycles. The van der Waals surface area contributed by atoms with Crippen LogP contribution in [0.4, 0.5) is 4.79 Å². The minimum Gasteiger partial charge on any atom is -0.450 e. The summed E-state index contributed by atoms with van der Waals surface area (Å²) in [6.45, 7) is 4.47. The second-order valence-electron chi connectivity index (χ2n) is 7.81. The first-order valence-corrected chi connectivity index (χ1v) is 10.8. The fraction of sp³-hybridized carbons (Fsp3) is 0.360. The van der Waals surface area contributed by atoms with Gasteiger partial charge in [0.25, 0.3) is 0 Å². The molecule has 0 bridgehead atoms. The summed E-state index contributed by atoms with van der Waals surface area (Å²) < 4.78 is 7.52. The van der Waals surface area contributed by atoms with Gasteiger partial charge in [0.05, 0.1) is 12.0 Å². The topological polar surface area (TPSA) is 47.4 Å². The summed E-state index contributed by atoms with van der Waals surface area (Å²) in [5.74, 6) is 1.09. The number of aryl methyl sites for hydroxylation is 2. The zero-order valence-electron chi connectivity index (χ0n) is 17.5. The fourth-order valence-electron chi connectivity index (χ4n) is 4.49. The van der Waals surface area contributed by atoms with E-state index in [1.807, 2.05) is 30.2 Å². The van der Waals surface area contributed by atoms with Gasteiger partial charge in [-0.05, 0) is 37.3 Å². The highest BCUT2D eigenvalue weighted by molar-refractivity contribution is 5.67. The third-order valence-electron chi connectivity index (χ3n) is 6.10. The van der Waals surface area contributed by atoms with Crippen LogP contribution in [0.25, 0.3) is 0 Å². The second-order valence-corrected chi connectivity index (χ2v) is 7.81. The van der Waals surface area contributed by atoms with E-state index < -0.39 is 0 Å². The number of ether oxygens (including phenoxy) is 1. The molecular weight excluding hydrogens is 374 g/mol. The number of benzene rings is 2. The minimum absolute atomic E-state index is 0.204. The van der Waals surface area contributed by atoms with Gasteiger partial charge in [0.1, 0.15) is 5.82 Å². The molecule has 0 radical (unpaired) electrons. The number of amides is 1. The maximum absolute atomic E-state index is 12.2. The maximum atomic E-state index is 12.2. The molecule has 1 aromatic heterocycles. The molecule has 0 spiro atoms. The lowest BCUT2D eigenvalue weighted by Gasteiger charge is -2.41. The highest BCUT2D eigenvalue weighted by Gasteiger charge is 2.42. The van der Waals surface area contributed by atoms with Crippen LogP contribution in [-0.2, 0) is 23.1 Å². The summed E-state index contributed by atoms with van der Waals surface area (Å²) >= 11 is 0. The molecule has 0 aliphatic carbocycles. The monoisotopic (exact) mass is 403 g/mol. The van der Waals surface area contributed by atoms with Crippen LogP contribution >= 0.6 is 0 Å². The first kappa shape index (κ1) is 20.2. The van der Waals surface area contributed by atoms with E-state index in [4.69, 9.17) is 9.72 Å². The lowest BCUT2D eigenvalue weighted by molar-refractivity contribution is 0.0894. The number of carbonyl (C=O) groups excluding carboxylic acids is 1. The van der Waals surface area contributed by atoms with Crippen LogP contribution in [0.15, 0.2) is 73.1 Å². The molecule has 5 nitrogen and oxygen atoms in total. The number of rotatable bonds is 6. The highest BCUT2D eigenvalue weighted by Crippen LogP contribution is 2.41. The van der Waals surface area contributed by atoms with Crippen LogP contribution < -0.4 is 0 Å². The Bertz CT molecular complexity index is 945. The standard InChI is InChI=1S/C25H29N3O2/c1-2-30-24(29)28-18-14-25(15-19-28,22-11-7-4-8-12-22)23-26-16-20-27(23)17-13-21-9-5-3-6-10-21/h3-12,16,20H,2,13-15,17-19H2,1H3. The number of hydrogen-bond acceptors (Lipinski definition) is 3. The normalized spacial score (nSPS) is 15.7. The van der Waals surface area contributed by atoms with E-state index in [-0.39, 0.29) is 11.5 Å². The number of likely N-dealkylation sites (tertiary alicyclic amines) is 1. The van der Waals surface area contributed by atoms with Crippen molar-refractivity contribution in [1.82, 2.24) is 14.5 Å². The van der Waals surface area contributed by atoms with E-state index in [2.05, 4.69) is 59.3 Å². The molecule has 2 heterocycles. The van der Waals surface area contributed by atoms with E-state index in [0.29, 0.717) is 19.7 Å². The molecule has 0 atom stereocenters. The number of carbonyl (C=O) groups is 1. The van der Waals surface area contributed by atoms with Crippen molar-refractivity contribution in [2.24, 2.45) is 0 Å². The largest absolute Gasteiger partial charge is 0.450 e. The van der Waals surface area contributed by atoms with Crippen molar-refractivity contribution in [3.05, 3.63) is 90.0 Å². The van der Waals surface area contributed by atoms with Gasteiger partial charge in [-0.2, -0.15) is 0 Å². The molecule has 30 heavy (non-hydrogen) atoms. The van der Waals surface area contributed by atoms with Gasteiger partial charge >= 0.3 is 6.09 Å². The van der Waals surface area contributed by atoms with Crippen molar-refractivity contribution in [3.8, 4) is 0 Å². The molecule has 5 heteroatoms. The van der Waals surface area contributed by atoms with Crippen molar-refractivity contribution in [2.45, 2.75) is 38.1 Å². The van der Waals surface area contributed by atoms with Crippen molar-refractivity contribution in [2.75, 3.05) is 19.7 Å². The second kappa shape index (κ2) is 9.16. The molecule has 3 aromatic rings. The zero-order valence-corrected chi connectivity index (χ0v) is 17.5. The Morgan fingerprint density at radius 3 is 2.37 bits per heavy atom. The summed E-state index contributed by atoms with van der Waals surface area (Å²) in [7, 11) is 0. The van der Waals surface area contributed by atoms with E-state index in [9.17, 15) is 4.79 Å². The molecule has 1 aliphatic rings. The van der Waals surface area contributed by atoms with Crippen molar-refractivity contribution < 1.29 is 9.53 Å². The average molecular weight is 404 g/mol. The molecule has 1 fully saturated rings. The van der Waals surface area contributed by atoms with Crippen molar-refractivity contribution in [3.63, 3.8) is 0 Å². The Hall–Kier alpha value is -3.08. The minimum atomic E-state index is -0.216. The third-order valence-corrected chi connectivity index (χ3v) is 6.10. The predicted octanol–water partition coefficient (Wildman–Crippen LogP) is 4.66. The lowest BCUT2D eigenvalue weighted by atomic mass is 9.72. The molecule has 4 rings (SSSR count). The van der Waals surface area contributed by atoms with Crippen LogP contribution in [0, 0.1) is 0 Å². The summed E-state index contributed by atoms with van der Waals surface area (Å²) in [5.41, 5.74) is 2.38. The average Bonchev–Trinajstić information content (AvgIpc) is 3.28. The molecule has 0 unspecified atom stereocenters. The van der Waals surface area contributed by atoms with Crippen LogP contribution in [0.5, 0.6) is 0 Å². The van der Waals surface area contributed by atoms with Gasteiger partial charge in [0, 0.05) is 32.0 Å². The molecule has 156 valence electrons. The van der Waals surface area contributed by atoms with Crippen molar-refractivity contribution >= 4 is 6.09 Å². The van der Waals surface area contributed by atoms with Gasteiger partial charge < -0.3 is 14.2 Å². The molecule has 0 saturated carbocycles. The summed E-state index contributed by atoms with van der Waals surface area (Å²) in [6, 6.07) is 21.2. The van der Waals surface area contributed by atoms with Gasteiger partial charge in [0.15, 0.2) is 0 Å². The Morgan fingerprint density at radius 1 is 1.03 bits per heavy atom. The van der Waals surface area contributed by atoms with Gasteiger partial charge in [0.2, 0.25) is 0 Å². The van der Waals surface area contributed by atoms with E-state index >= 15 is 0 Å². The van der Waals surface area contributed by atoms with Gasteiger partial charge in [-0.3, -0.25) is 0 Å². The summed E-state index contributed by atoms with van der Waals surface area (Å²) in [5, 5.41) is 0. The number of imidazole rings is 1. The SMILES string of the molecule is CCOC(=O)N1CCC(c2ccccc2)(c2nccn2CCc2ccccc2)CC1. The Balaban J connectivity index is 1.61. The molecule has 1 aliphatic heterocycles. The molecule has 0 N–H and O–H groups in total. The maximum Gasteiger partial charge on any atom is 0.409 e. The zero-order chi connectivity index (χ0) is 20.8. The quantitative estimate of drug-likeness (QED) is 0.601. The lowest BCUT2D eigenvalue weighted by Crippen LogP contribution is -2.47. The van der Waals surface area contributed by atoms with Gasteiger partial charge in [-0.25, -0.2) is 9.78 Å². The third kappa shape index (κ3) is 4.11. The number of nitrogens with zero attached hydrogens (tertiary/aromatic N) is 3. The predicted molar refractivity (Wildman–Crippen MR) is 117 cm³/mol. The molecule has 1 amide bonds. The van der Waals surface area contributed by atoms with Crippen molar-refractivity contribution in [1.29, 1.82) is 0 Å². The van der Waals surface area contributed by atoms with Crippen LogP contribution in [0.3, 0.4) is 0 Å². The summed E-state index contributed by atoms with van der Waals surface area (Å²) in [4.78, 5) is 18.9. The first-order chi connectivity index (χ1) is 14.7. The van der Waals surface area contributed by atoms with E-state index in [1.165, 1.54) is 11.1 Å². The fourth-order valence-corrected chi connectivity index (χ4v) is 4.49. The highest BCUT2D eigenvalue weighted by atomic mass is 16.6. The first-order valence-electron chi connectivity index (χ1n) is 10.8. The van der Waals surface area contributed by atoms with E-state index in [0.717, 1.165) is 31.6 Å². The van der Waals surface area contributed by atoms with Gasteiger partial charge in [-0.1, -0.05) is 60.7 Å². The van der Waals surface area contributed by atoms with Crippen LogP contribution in [-0.4, -0.2) is 40.2 Å². The van der Waals surface area contributed by atoms with Gasteiger partial charge in [-0.15, -0.1) is 0 Å². The van der Waals surface area contributed by atoms with E-state index in [1.54, 1.807) is 0 Å². The molecule has 1 saturated heterocycles. The number of aromatic nitrogens is 2. The molecular formula is C25H29N3O2. The number of piperidine rings is 1. The Morgan fingerprint density at radius 2 is 1.70 bits per heavy atom. The van der Waals surface area contributed by atoms with Crippen LogP contribution in [0.1, 0.15) is 36.7 Å².